The van der Waals surface area contributed by atoms with Crippen molar-refractivity contribution in [2.45, 2.75) is 13.0 Å². The van der Waals surface area contributed by atoms with Crippen LogP contribution in [0.3, 0.4) is 0 Å². The fraction of sp³-hybridized carbons (Fsp3) is 0.318. The summed E-state index contributed by atoms with van der Waals surface area (Å²) in [5.74, 6) is 0.356. The number of benzene rings is 1. The van der Waals surface area contributed by atoms with Gasteiger partial charge in [0.2, 0.25) is 0 Å². The second kappa shape index (κ2) is 10.1. The van der Waals surface area contributed by atoms with Gasteiger partial charge in [0, 0.05) is 12.2 Å². The molecule has 1 N–H and O–H groups in total. The third kappa shape index (κ3) is 5.40. The monoisotopic (exact) mass is 489 g/mol. The Bertz CT molecular complexity index is 1060. The van der Waals surface area contributed by atoms with Gasteiger partial charge in [-0.25, -0.2) is 4.79 Å². The molecule has 4 rings (SSSR count). The molecule has 1 aromatic heterocycles. The molecule has 11 heteroatoms. The highest BCUT2D eigenvalue weighted by atomic mass is 35.5. The fourth-order valence-corrected chi connectivity index (χ4v) is 4.43. The maximum atomic E-state index is 12.2. The standard InChI is InChI=1S/C22H24ClN5O4S/c1-3-31-22(30)26-10-11-28(25-14-26)17-6-4-16(5-7-17)27-13-18(32-15(27)2)12-24-21(29)19-8-9-20(23)33-19/h4-9,14,18H,2-3,10-13H2,1H3,(H,24,29)/t18-/m0/s1. The van der Waals surface area contributed by atoms with Crippen LogP contribution in [-0.2, 0) is 9.47 Å². The largest absolute Gasteiger partial charge is 0.472 e. The topological polar surface area (TPSA) is 86.7 Å². The number of hydrazone groups is 1. The molecular formula is C22H24ClN5O4S. The van der Waals surface area contributed by atoms with Gasteiger partial charge in [-0.15, -0.1) is 11.3 Å². The lowest BCUT2D eigenvalue weighted by Gasteiger charge is -2.28. The van der Waals surface area contributed by atoms with Crippen LogP contribution in [0.2, 0.25) is 4.34 Å². The van der Waals surface area contributed by atoms with E-state index in [9.17, 15) is 9.59 Å². The molecule has 2 aromatic rings. The average molecular weight is 490 g/mol. The molecule has 1 fully saturated rings. The number of hydrogen-bond donors (Lipinski definition) is 1. The van der Waals surface area contributed by atoms with Crippen molar-refractivity contribution < 1.29 is 19.1 Å². The zero-order chi connectivity index (χ0) is 23.4. The lowest BCUT2D eigenvalue weighted by atomic mass is 10.2. The van der Waals surface area contributed by atoms with Gasteiger partial charge in [-0.05, 0) is 49.9 Å². The number of halogens is 1. The first kappa shape index (κ1) is 22.9. The van der Waals surface area contributed by atoms with E-state index in [1.807, 2.05) is 34.2 Å². The molecule has 1 aromatic carbocycles. The number of ether oxygens (including phenoxy) is 2. The van der Waals surface area contributed by atoms with Crippen molar-refractivity contribution in [3.63, 3.8) is 0 Å². The Hall–Kier alpha value is -3.24. The van der Waals surface area contributed by atoms with Gasteiger partial charge in [-0.2, -0.15) is 5.10 Å². The van der Waals surface area contributed by atoms with E-state index in [1.54, 1.807) is 19.1 Å². The highest BCUT2D eigenvalue weighted by Gasteiger charge is 2.28. The third-order valence-electron chi connectivity index (χ3n) is 5.12. The molecule has 0 radical (unpaired) electrons. The zero-order valence-corrected chi connectivity index (χ0v) is 19.6. The lowest BCUT2D eigenvalue weighted by Crippen LogP contribution is -2.41. The molecule has 0 aliphatic carbocycles. The van der Waals surface area contributed by atoms with Crippen LogP contribution >= 0.6 is 22.9 Å². The minimum atomic E-state index is -0.395. The second-order valence-electron chi connectivity index (χ2n) is 7.32. The predicted molar refractivity (Wildman–Crippen MR) is 129 cm³/mol. The van der Waals surface area contributed by atoms with Crippen LogP contribution in [0.25, 0.3) is 0 Å². The van der Waals surface area contributed by atoms with E-state index in [0.717, 1.165) is 11.4 Å². The van der Waals surface area contributed by atoms with E-state index in [2.05, 4.69) is 17.0 Å². The molecule has 2 aliphatic heterocycles. The Morgan fingerprint density at radius 1 is 1.24 bits per heavy atom. The summed E-state index contributed by atoms with van der Waals surface area (Å²) in [6.07, 6.45) is 0.875. The number of nitrogens with zero attached hydrogens (tertiary/aromatic N) is 4. The Kier molecular flexibility index (Phi) is 7.05. The lowest BCUT2D eigenvalue weighted by molar-refractivity contribution is 0.0923. The number of hydrogen-bond acceptors (Lipinski definition) is 8. The van der Waals surface area contributed by atoms with E-state index in [-0.39, 0.29) is 12.0 Å². The Morgan fingerprint density at radius 3 is 2.64 bits per heavy atom. The first-order chi connectivity index (χ1) is 15.9. The van der Waals surface area contributed by atoms with Gasteiger partial charge in [0.05, 0.1) is 41.1 Å². The van der Waals surface area contributed by atoms with Gasteiger partial charge >= 0.3 is 6.09 Å². The smallest absolute Gasteiger partial charge is 0.415 e. The molecule has 1 saturated heterocycles. The zero-order valence-electron chi connectivity index (χ0n) is 18.1. The summed E-state index contributed by atoms with van der Waals surface area (Å²) in [5.41, 5.74) is 1.83. The van der Waals surface area contributed by atoms with Crippen LogP contribution in [0.5, 0.6) is 0 Å². The van der Waals surface area contributed by atoms with E-state index in [0.29, 0.717) is 47.9 Å². The molecule has 33 heavy (non-hydrogen) atoms. The van der Waals surface area contributed by atoms with Crippen molar-refractivity contribution >= 4 is 52.7 Å². The molecule has 0 spiro atoms. The molecule has 0 saturated carbocycles. The number of carbonyl (C=O) groups excluding carboxylic acids is 2. The normalized spacial score (nSPS) is 17.8. The predicted octanol–water partition coefficient (Wildman–Crippen LogP) is 3.73. The molecule has 0 unspecified atom stereocenters. The SMILES string of the molecule is C=C1O[C@@H](CNC(=O)c2ccc(Cl)s2)CN1c1ccc(N2CCN(C(=O)OCC)C=N2)cc1. The van der Waals surface area contributed by atoms with Crippen molar-refractivity contribution in [2.75, 3.05) is 42.7 Å². The highest BCUT2D eigenvalue weighted by Crippen LogP contribution is 2.29. The quantitative estimate of drug-likeness (QED) is 0.665. The van der Waals surface area contributed by atoms with Crippen molar-refractivity contribution in [3.8, 4) is 0 Å². The summed E-state index contributed by atoms with van der Waals surface area (Å²) in [6, 6.07) is 11.2. The minimum absolute atomic E-state index is 0.174. The summed E-state index contributed by atoms with van der Waals surface area (Å²) in [6.45, 7) is 8.08. The molecular weight excluding hydrogens is 466 g/mol. The summed E-state index contributed by atoms with van der Waals surface area (Å²) in [5, 5.41) is 9.04. The van der Waals surface area contributed by atoms with Gasteiger partial charge in [-0.3, -0.25) is 14.7 Å². The maximum Gasteiger partial charge on any atom is 0.415 e. The number of thiophene rings is 1. The van der Waals surface area contributed by atoms with E-state index < -0.39 is 6.09 Å². The first-order valence-corrected chi connectivity index (χ1v) is 11.7. The Balaban J connectivity index is 1.31. The summed E-state index contributed by atoms with van der Waals surface area (Å²) >= 11 is 7.13. The van der Waals surface area contributed by atoms with Crippen LogP contribution in [0, 0.1) is 0 Å². The molecule has 2 amide bonds. The molecule has 9 nitrogen and oxygen atoms in total. The third-order valence-corrected chi connectivity index (χ3v) is 6.35. The fourth-order valence-electron chi connectivity index (χ4n) is 3.47. The van der Waals surface area contributed by atoms with Crippen LogP contribution in [0.15, 0.2) is 54.0 Å². The molecule has 2 aliphatic rings. The number of nitrogens with one attached hydrogen (secondary N) is 1. The number of rotatable bonds is 6. The van der Waals surface area contributed by atoms with Gasteiger partial charge in [-0.1, -0.05) is 11.6 Å². The number of amides is 2. The first-order valence-electron chi connectivity index (χ1n) is 10.5. The van der Waals surface area contributed by atoms with Crippen molar-refractivity contribution in [1.82, 2.24) is 10.2 Å². The molecule has 1 atom stereocenters. The maximum absolute atomic E-state index is 12.2. The van der Waals surface area contributed by atoms with E-state index in [4.69, 9.17) is 21.1 Å². The van der Waals surface area contributed by atoms with E-state index >= 15 is 0 Å². The van der Waals surface area contributed by atoms with Gasteiger partial charge in [0.25, 0.3) is 5.91 Å². The second-order valence-corrected chi connectivity index (χ2v) is 9.04. The van der Waals surface area contributed by atoms with Crippen molar-refractivity contribution in [2.24, 2.45) is 5.10 Å². The number of carbonyl (C=O) groups is 2. The number of anilines is 2. The molecule has 174 valence electrons. The summed E-state index contributed by atoms with van der Waals surface area (Å²) in [4.78, 5) is 28.0. The van der Waals surface area contributed by atoms with Crippen LogP contribution in [0.1, 0.15) is 16.6 Å². The highest BCUT2D eigenvalue weighted by molar-refractivity contribution is 7.18. The molecule has 0 bridgehead atoms. The van der Waals surface area contributed by atoms with Crippen LogP contribution < -0.4 is 15.2 Å². The Labute approximate surface area is 200 Å². The van der Waals surface area contributed by atoms with Crippen molar-refractivity contribution in [3.05, 3.63) is 58.1 Å². The van der Waals surface area contributed by atoms with Crippen LogP contribution in [0.4, 0.5) is 16.2 Å². The van der Waals surface area contributed by atoms with Gasteiger partial charge in [0.1, 0.15) is 12.4 Å². The average Bonchev–Trinajstić information content (AvgIpc) is 3.43. The van der Waals surface area contributed by atoms with Gasteiger partial charge < -0.3 is 19.7 Å². The van der Waals surface area contributed by atoms with Crippen molar-refractivity contribution in [1.29, 1.82) is 0 Å². The Morgan fingerprint density at radius 2 is 2.00 bits per heavy atom. The van der Waals surface area contributed by atoms with E-state index in [1.165, 1.54) is 22.6 Å². The van der Waals surface area contributed by atoms with Crippen LogP contribution in [-0.4, -0.2) is 62.1 Å². The summed E-state index contributed by atoms with van der Waals surface area (Å²) < 4.78 is 11.4. The summed E-state index contributed by atoms with van der Waals surface area (Å²) in [7, 11) is 0. The minimum Gasteiger partial charge on any atom is -0.472 e. The molecule has 3 heterocycles. The van der Waals surface area contributed by atoms with Gasteiger partial charge in [0.15, 0.2) is 5.88 Å².